The van der Waals surface area contributed by atoms with Gasteiger partial charge in [0.2, 0.25) is 0 Å². The predicted molar refractivity (Wildman–Crippen MR) is 107 cm³/mol. The summed E-state index contributed by atoms with van der Waals surface area (Å²) in [4.78, 5) is 17.2. The Morgan fingerprint density at radius 3 is 2.33 bits per heavy atom. The van der Waals surface area contributed by atoms with Gasteiger partial charge in [0.1, 0.15) is 5.75 Å². The van der Waals surface area contributed by atoms with Crippen molar-refractivity contribution in [2.75, 3.05) is 51.3 Å². The third-order valence-corrected chi connectivity index (χ3v) is 5.01. The lowest BCUT2D eigenvalue weighted by atomic mass is 9.98. The van der Waals surface area contributed by atoms with Crippen molar-refractivity contribution in [3.05, 3.63) is 60.2 Å². The summed E-state index contributed by atoms with van der Waals surface area (Å²) in [5, 5.41) is 0. The maximum absolute atomic E-state index is 12.5. The molecule has 5 nitrogen and oxygen atoms in total. The molecule has 1 aliphatic rings. The molecule has 0 saturated carbocycles. The summed E-state index contributed by atoms with van der Waals surface area (Å²) in [5.74, 6) is 0.513. The van der Waals surface area contributed by atoms with E-state index in [9.17, 15) is 4.79 Å². The zero-order valence-electron chi connectivity index (χ0n) is 16.1. The standard InChI is InChI=1S/C22H28N2O3/c1-3-27-22(25)19(18-9-5-4-6-10-18)17-23-13-15-24(16-14-23)20-11-7-8-12-21(20)26-2/h4-12,19H,3,13-17H2,1-2H3. The number of nitrogens with zero attached hydrogens (tertiary/aromatic N) is 2. The second-order valence-corrected chi connectivity index (χ2v) is 6.67. The van der Waals surface area contributed by atoms with E-state index in [1.807, 2.05) is 55.5 Å². The maximum Gasteiger partial charge on any atom is 0.314 e. The lowest BCUT2D eigenvalue weighted by Gasteiger charge is -2.37. The van der Waals surface area contributed by atoms with Crippen LogP contribution in [0.25, 0.3) is 0 Å². The van der Waals surface area contributed by atoms with E-state index in [0.717, 1.165) is 43.2 Å². The van der Waals surface area contributed by atoms with Crippen molar-refractivity contribution >= 4 is 11.7 Å². The van der Waals surface area contributed by atoms with Crippen molar-refractivity contribution < 1.29 is 14.3 Å². The Balaban J connectivity index is 1.65. The highest BCUT2D eigenvalue weighted by Gasteiger charge is 2.27. The summed E-state index contributed by atoms with van der Waals surface area (Å²) < 4.78 is 10.8. The summed E-state index contributed by atoms with van der Waals surface area (Å²) in [7, 11) is 1.71. The summed E-state index contributed by atoms with van der Waals surface area (Å²) in [6, 6.07) is 18.0. The van der Waals surface area contributed by atoms with Gasteiger partial charge >= 0.3 is 5.97 Å². The zero-order chi connectivity index (χ0) is 19.1. The van der Waals surface area contributed by atoms with Crippen LogP contribution in [-0.4, -0.2) is 57.3 Å². The maximum atomic E-state index is 12.5. The van der Waals surface area contributed by atoms with Crippen molar-refractivity contribution in [2.24, 2.45) is 0 Å². The zero-order valence-corrected chi connectivity index (χ0v) is 16.1. The molecule has 5 heteroatoms. The van der Waals surface area contributed by atoms with Gasteiger partial charge in [-0.2, -0.15) is 0 Å². The molecule has 27 heavy (non-hydrogen) atoms. The van der Waals surface area contributed by atoms with Gasteiger partial charge in [-0.3, -0.25) is 9.69 Å². The van der Waals surface area contributed by atoms with Gasteiger partial charge in [0.25, 0.3) is 0 Å². The van der Waals surface area contributed by atoms with Gasteiger partial charge in [0, 0.05) is 32.7 Å². The number of para-hydroxylation sites is 2. The number of hydrogen-bond donors (Lipinski definition) is 0. The number of rotatable bonds is 7. The highest BCUT2D eigenvalue weighted by atomic mass is 16.5. The van der Waals surface area contributed by atoms with Crippen LogP contribution < -0.4 is 9.64 Å². The van der Waals surface area contributed by atoms with E-state index in [-0.39, 0.29) is 11.9 Å². The van der Waals surface area contributed by atoms with Crippen LogP contribution in [0, 0.1) is 0 Å². The first kappa shape index (κ1) is 19.2. The van der Waals surface area contributed by atoms with Crippen molar-refractivity contribution in [1.82, 2.24) is 4.90 Å². The van der Waals surface area contributed by atoms with Gasteiger partial charge < -0.3 is 14.4 Å². The number of esters is 1. The largest absolute Gasteiger partial charge is 0.495 e. The molecule has 3 rings (SSSR count). The molecule has 1 saturated heterocycles. The van der Waals surface area contributed by atoms with E-state index < -0.39 is 0 Å². The van der Waals surface area contributed by atoms with Crippen molar-refractivity contribution in [3.8, 4) is 5.75 Å². The Morgan fingerprint density at radius 1 is 1.00 bits per heavy atom. The number of piperazine rings is 1. The van der Waals surface area contributed by atoms with Gasteiger partial charge in [0.15, 0.2) is 0 Å². The highest BCUT2D eigenvalue weighted by molar-refractivity contribution is 5.78. The minimum atomic E-state index is -0.246. The Morgan fingerprint density at radius 2 is 1.67 bits per heavy atom. The Labute approximate surface area is 161 Å². The molecule has 0 bridgehead atoms. The average molecular weight is 368 g/mol. The molecule has 0 N–H and O–H groups in total. The van der Waals surface area contributed by atoms with Crippen LogP contribution in [-0.2, 0) is 9.53 Å². The molecular formula is C22H28N2O3. The molecule has 0 radical (unpaired) electrons. The van der Waals surface area contributed by atoms with Crippen molar-refractivity contribution in [2.45, 2.75) is 12.8 Å². The SMILES string of the molecule is CCOC(=O)C(CN1CCN(c2ccccc2OC)CC1)c1ccccc1. The second-order valence-electron chi connectivity index (χ2n) is 6.67. The van der Waals surface area contributed by atoms with E-state index >= 15 is 0 Å². The fourth-order valence-corrected chi connectivity index (χ4v) is 3.56. The number of carbonyl (C=O) groups is 1. The molecule has 0 amide bonds. The Kier molecular flexibility index (Phi) is 6.71. The number of benzene rings is 2. The minimum Gasteiger partial charge on any atom is -0.495 e. The van der Waals surface area contributed by atoms with Gasteiger partial charge in [0.05, 0.1) is 25.3 Å². The molecule has 2 aromatic carbocycles. The normalized spacial score (nSPS) is 16.0. The monoisotopic (exact) mass is 368 g/mol. The molecule has 0 aliphatic carbocycles. The first-order chi connectivity index (χ1) is 13.2. The molecule has 1 fully saturated rings. The second kappa shape index (κ2) is 9.42. The summed E-state index contributed by atoms with van der Waals surface area (Å²) in [6.45, 7) is 6.56. The van der Waals surface area contributed by atoms with E-state index in [2.05, 4.69) is 15.9 Å². The molecule has 1 aliphatic heterocycles. The predicted octanol–water partition coefficient (Wildman–Crippen LogP) is 3.16. The quantitative estimate of drug-likeness (QED) is 0.702. The van der Waals surface area contributed by atoms with Gasteiger partial charge in [-0.05, 0) is 24.6 Å². The van der Waals surface area contributed by atoms with Gasteiger partial charge in [-0.1, -0.05) is 42.5 Å². The van der Waals surface area contributed by atoms with Crippen LogP contribution in [0.4, 0.5) is 5.69 Å². The fraction of sp³-hybridized carbons (Fsp3) is 0.409. The molecule has 1 atom stereocenters. The number of anilines is 1. The lowest BCUT2D eigenvalue weighted by molar-refractivity contribution is -0.145. The third kappa shape index (κ3) is 4.80. The topological polar surface area (TPSA) is 42.0 Å². The van der Waals surface area contributed by atoms with Crippen LogP contribution in [0.2, 0.25) is 0 Å². The number of carbonyl (C=O) groups excluding carboxylic acids is 1. The number of methoxy groups -OCH3 is 1. The van der Waals surface area contributed by atoms with Crippen molar-refractivity contribution in [1.29, 1.82) is 0 Å². The van der Waals surface area contributed by atoms with Gasteiger partial charge in [-0.15, -0.1) is 0 Å². The molecule has 0 spiro atoms. The fourth-order valence-electron chi connectivity index (χ4n) is 3.56. The van der Waals surface area contributed by atoms with E-state index in [1.165, 1.54) is 0 Å². The highest BCUT2D eigenvalue weighted by Crippen LogP contribution is 2.29. The molecule has 0 aromatic heterocycles. The molecule has 1 heterocycles. The molecule has 144 valence electrons. The Bertz CT molecular complexity index is 727. The van der Waals surface area contributed by atoms with Crippen LogP contribution in [0.3, 0.4) is 0 Å². The van der Waals surface area contributed by atoms with E-state index in [1.54, 1.807) is 7.11 Å². The van der Waals surface area contributed by atoms with E-state index in [4.69, 9.17) is 9.47 Å². The summed E-state index contributed by atoms with van der Waals surface area (Å²) in [6.07, 6.45) is 0. The van der Waals surface area contributed by atoms with Crippen molar-refractivity contribution in [3.63, 3.8) is 0 Å². The summed E-state index contributed by atoms with van der Waals surface area (Å²) >= 11 is 0. The van der Waals surface area contributed by atoms with Crippen LogP contribution >= 0.6 is 0 Å². The van der Waals surface area contributed by atoms with E-state index in [0.29, 0.717) is 13.2 Å². The molecule has 2 aromatic rings. The first-order valence-electron chi connectivity index (χ1n) is 9.54. The van der Waals surface area contributed by atoms with Gasteiger partial charge in [-0.25, -0.2) is 0 Å². The van der Waals surface area contributed by atoms with Crippen LogP contribution in [0.1, 0.15) is 18.4 Å². The number of hydrogen-bond acceptors (Lipinski definition) is 5. The first-order valence-corrected chi connectivity index (χ1v) is 9.54. The van der Waals surface area contributed by atoms with Crippen LogP contribution in [0.5, 0.6) is 5.75 Å². The average Bonchev–Trinajstić information content (AvgIpc) is 2.73. The number of ether oxygens (including phenoxy) is 2. The smallest absolute Gasteiger partial charge is 0.314 e. The van der Waals surface area contributed by atoms with Crippen LogP contribution in [0.15, 0.2) is 54.6 Å². The molecular weight excluding hydrogens is 340 g/mol. The molecule has 1 unspecified atom stereocenters. The Hall–Kier alpha value is -2.53. The minimum absolute atomic E-state index is 0.143. The lowest BCUT2D eigenvalue weighted by Crippen LogP contribution is -2.48. The third-order valence-electron chi connectivity index (χ3n) is 5.01. The summed E-state index contributed by atoms with van der Waals surface area (Å²) in [5.41, 5.74) is 2.15.